The van der Waals surface area contributed by atoms with Crippen molar-refractivity contribution in [3.05, 3.63) is 11.6 Å². The molecule has 0 bridgehead atoms. The Morgan fingerprint density at radius 3 is 1.93 bits per heavy atom. The molecule has 2 saturated heterocycles. The fraction of sp³-hybridized carbons (Fsp3) is 0.953. The summed E-state index contributed by atoms with van der Waals surface area (Å²) in [5, 5.41) is 107. The predicted molar refractivity (Wildman–Crippen MR) is 209 cm³/mol. The first-order valence-electron chi connectivity index (χ1n) is 21.5. The molecule has 2 aliphatic heterocycles. The molecule has 6 aliphatic rings. The Hall–Kier alpha value is -0.860. The van der Waals surface area contributed by atoms with Crippen LogP contribution >= 0.6 is 0 Å². The van der Waals surface area contributed by atoms with Gasteiger partial charge in [-0.2, -0.15) is 0 Å². The Kier molecular flexibility index (Phi) is 13.4. The lowest BCUT2D eigenvalue weighted by Crippen LogP contribution is -2.67. The van der Waals surface area contributed by atoms with E-state index in [9.17, 15) is 51.1 Å². The van der Waals surface area contributed by atoms with Gasteiger partial charge in [0.2, 0.25) is 0 Å². The molecule has 15 heteroatoms. The third kappa shape index (κ3) is 7.57. The molecule has 0 amide bonds. The highest BCUT2D eigenvalue weighted by Crippen LogP contribution is 2.75. The number of fused-ring (bicyclic) bond motifs is 5. The molecular weight excluding hydrogens is 756 g/mol. The molecule has 0 aromatic heterocycles. The molecule has 0 radical (unpaired) electrons. The Labute approximate surface area is 343 Å². The van der Waals surface area contributed by atoms with Crippen LogP contribution in [0.3, 0.4) is 0 Å². The van der Waals surface area contributed by atoms with Gasteiger partial charge >= 0.3 is 0 Å². The average molecular weight is 831 g/mol. The van der Waals surface area contributed by atoms with E-state index in [0.717, 1.165) is 37.7 Å². The maximum atomic E-state index is 12.3. The summed E-state index contributed by atoms with van der Waals surface area (Å²) in [6, 6.07) is 0. The van der Waals surface area contributed by atoms with Crippen LogP contribution < -0.4 is 0 Å². The zero-order valence-electron chi connectivity index (χ0n) is 35.8. The third-order valence-electron chi connectivity index (χ3n) is 16.9. The van der Waals surface area contributed by atoms with Crippen molar-refractivity contribution in [2.45, 2.75) is 192 Å². The van der Waals surface area contributed by atoms with Crippen molar-refractivity contribution >= 4 is 0 Å². The van der Waals surface area contributed by atoms with E-state index in [2.05, 4.69) is 41.5 Å². The second kappa shape index (κ2) is 16.7. The van der Waals surface area contributed by atoms with Gasteiger partial charge < -0.3 is 74.7 Å². The first-order chi connectivity index (χ1) is 26.9. The van der Waals surface area contributed by atoms with Crippen molar-refractivity contribution in [3.8, 4) is 0 Å². The second-order valence-electron chi connectivity index (χ2n) is 20.7. The molecule has 0 unspecified atom stereocenters. The van der Waals surface area contributed by atoms with Crippen LogP contribution in [0.2, 0.25) is 0 Å². The number of allylic oxidation sites excluding steroid dienone is 1. The van der Waals surface area contributed by atoms with Crippen molar-refractivity contribution in [2.75, 3.05) is 20.3 Å². The molecule has 336 valence electrons. The molecule has 6 rings (SSSR count). The van der Waals surface area contributed by atoms with E-state index >= 15 is 0 Å². The Morgan fingerprint density at radius 2 is 1.34 bits per heavy atom. The highest BCUT2D eigenvalue weighted by atomic mass is 16.8. The fourth-order valence-electron chi connectivity index (χ4n) is 13.4. The lowest BCUT2D eigenvalue weighted by Gasteiger charge is -2.70. The minimum atomic E-state index is -1.77. The van der Waals surface area contributed by atoms with Crippen molar-refractivity contribution in [3.63, 3.8) is 0 Å². The lowest BCUT2D eigenvalue weighted by molar-refractivity contribution is -0.378. The maximum Gasteiger partial charge on any atom is 0.187 e. The largest absolute Gasteiger partial charge is 0.394 e. The van der Waals surface area contributed by atoms with Crippen LogP contribution in [0.15, 0.2) is 11.6 Å². The summed E-state index contributed by atoms with van der Waals surface area (Å²) >= 11 is 0. The molecule has 0 aromatic rings. The predicted octanol–water partition coefficient (Wildman–Crippen LogP) is 0.745. The zero-order chi connectivity index (χ0) is 43.1. The monoisotopic (exact) mass is 831 g/mol. The maximum absolute atomic E-state index is 12.3. The molecule has 10 N–H and O–H groups in total. The van der Waals surface area contributed by atoms with Gasteiger partial charge in [-0.15, -0.1) is 0 Å². The number of ether oxygens (including phenoxy) is 5. The highest BCUT2D eigenvalue weighted by Gasteiger charge is 2.70. The SMILES string of the molecule is CO[C@@H](/C=C(\C)[C@H]1CC[C@]2(C)[C@@H]1[C@H](O)C[C@@H]1[C@@]3(C)CC[C@H](O[C@@H]4O[C@H](CO)[C@@H](O)[C@H](O)[C@H]4O[C@@H]4O[C@H](CO)[C@@H](O)[C@H](O)[C@H]4O)C(C)(C)[C@@H]3CC[C@]12C)[C@H](O)C(C)(C)O. The van der Waals surface area contributed by atoms with Crippen LogP contribution in [0.5, 0.6) is 0 Å². The Morgan fingerprint density at radius 1 is 0.759 bits per heavy atom. The van der Waals surface area contributed by atoms with Crippen LogP contribution in [0.25, 0.3) is 0 Å². The quantitative estimate of drug-likeness (QED) is 0.102. The first-order valence-corrected chi connectivity index (χ1v) is 21.5. The molecule has 58 heavy (non-hydrogen) atoms. The third-order valence-corrected chi connectivity index (χ3v) is 16.9. The van der Waals surface area contributed by atoms with E-state index in [0.29, 0.717) is 12.8 Å². The van der Waals surface area contributed by atoms with Crippen molar-refractivity contribution in [1.29, 1.82) is 0 Å². The van der Waals surface area contributed by atoms with Crippen LogP contribution in [-0.2, 0) is 23.7 Å². The molecule has 0 spiro atoms. The van der Waals surface area contributed by atoms with Gasteiger partial charge in [-0.05, 0) is 111 Å². The Bertz CT molecular complexity index is 1450. The van der Waals surface area contributed by atoms with Gasteiger partial charge in [-0.1, -0.05) is 46.3 Å². The van der Waals surface area contributed by atoms with Gasteiger partial charge in [0.05, 0.1) is 31.0 Å². The summed E-state index contributed by atoms with van der Waals surface area (Å²) in [7, 11) is 1.53. The van der Waals surface area contributed by atoms with Gasteiger partial charge in [0.15, 0.2) is 12.6 Å². The summed E-state index contributed by atoms with van der Waals surface area (Å²) < 4.78 is 30.0. The van der Waals surface area contributed by atoms with E-state index in [1.54, 1.807) is 13.8 Å². The molecule has 21 atom stereocenters. The standard InChI is InChI=1S/C43H74O15/c1-20(16-23(54-9)36(52)40(4,5)53)21-10-14-43(8)29(21)22(46)17-27-41(6)13-12-28(39(2,3)26(41)11-15-42(27,43)7)57-38-35(33(50)31(48)25(19-45)56-38)58-37-34(51)32(49)30(47)24(18-44)55-37/h16,21-38,44-53H,10-15,17-19H2,1-9H3/b20-16+/t21-,22-,23+,24-,25-,26+,27-,28+,29+,30-,31-,32+,33+,34-,35-,36+,37+,38+,41+,42-,43-/m1/s1. The Balaban J connectivity index is 1.23. The number of methoxy groups -OCH3 is 1. The molecule has 15 nitrogen and oxygen atoms in total. The van der Waals surface area contributed by atoms with Crippen molar-refractivity contribution in [2.24, 2.45) is 45.3 Å². The number of aliphatic hydroxyl groups excluding tert-OH is 9. The summed E-state index contributed by atoms with van der Waals surface area (Å²) in [5.41, 5.74) is -1.17. The van der Waals surface area contributed by atoms with E-state index in [1.165, 1.54) is 7.11 Å². The number of rotatable bonds is 11. The molecule has 4 saturated carbocycles. The van der Waals surface area contributed by atoms with Gasteiger partial charge in [-0.25, -0.2) is 0 Å². The van der Waals surface area contributed by atoms with Gasteiger partial charge in [0.1, 0.15) is 61.0 Å². The number of aliphatic hydroxyl groups is 10. The minimum absolute atomic E-state index is 0.0138. The number of hydrogen-bond donors (Lipinski definition) is 10. The van der Waals surface area contributed by atoms with E-state index in [1.807, 2.05) is 6.08 Å². The fourth-order valence-corrected chi connectivity index (χ4v) is 13.4. The summed E-state index contributed by atoms with van der Waals surface area (Å²) in [6.07, 6.45) is -10.4. The second-order valence-corrected chi connectivity index (χ2v) is 20.7. The molecule has 4 aliphatic carbocycles. The molecule has 6 fully saturated rings. The van der Waals surface area contributed by atoms with Crippen LogP contribution in [-0.4, -0.2) is 163 Å². The first kappa shape index (κ1) is 46.6. The minimum Gasteiger partial charge on any atom is -0.394 e. The smallest absolute Gasteiger partial charge is 0.187 e. The van der Waals surface area contributed by atoms with Gasteiger partial charge in [-0.3, -0.25) is 0 Å². The molecule has 0 aromatic carbocycles. The summed E-state index contributed by atoms with van der Waals surface area (Å²) in [5.74, 6) is 0.470. The van der Waals surface area contributed by atoms with Gasteiger partial charge in [0.25, 0.3) is 0 Å². The molecule has 2 heterocycles. The van der Waals surface area contributed by atoms with E-state index in [4.69, 9.17) is 23.7 Å². The van der Waals surface area contributed by atoms with E-state index < -0.39 is 110 Å². The van der Waals surface area contributed by atoms with Gasteiger partial charge in [0, 0.05) is 7.11 Å². The van der Waals surface area contributed by atoms with E-state index in [-0.39, 0.29) is 39.9 Å². The lowest BCUT2D eigenvalue weighted by atomic mass is 9.35. The van der Waals surface area contributed by atoms with Crippen LogP contribution in [0.1, 0.15) is 100 Å². The van der Waals surface area contributed by atoms with Crippen LogP contribution in [0, 0.1) is 45.3 Å². The summed E-state index contributed by atoms with van der Waals surface area (Å²) in [4.78, 5) is 0. The zero-order valence-corrected chi connectivity index (χ0v) is 35.8. The van der Waals surface area contributed by atoms with Crippen molar-refractivity contribution < 1.29 is 74.7 Å². The topological polar surface area (TPSA) is 248 Å². The molecular formula is C43H74O15. The van der Waals surface area contributed by atoms with Crippen molar-refractivity contribution in [1.82, 2.24) is 0 Å². The average Bonchev–Trinajstić information content (AvgIpc) is 3.54. The van der Waals surface area contributed by atoms with Crippen LogP contribution in [0.4, 0.5) is 0 Å². The number of hydrogen-bond acceptors (Lipinski definition) is 15. The highest BCUT2D eigenvalue weighted by molar-refractivity contribution is 5.23. The normalized spacial score (nSPS) is 50.7. The summed E-state index contributed by atoms with van der Waals surface area (Å²) in [6.45, 7) is 15.4.